The van der Waals surface area contributed by atoms with Gasteiger partial charge in [-0.05, 0) is 11.5 Å². The molecule has 3 aromatic heterocycles. The van der Waals surface area contributed by atoms with Gasteiger partial charge in [0.1, 0.15) is 5.52 Å². The Morgan fingerprint density at radius 2 is 2.00 bits per heavy atom. The van der Waals surface area contributed by atoms with Crippen LogP contribution < -0.4 is 15.8 Å². The van der Waals surface area contributed by atoms with E-state index in [9.17, 15) is 4.79 Å². The van der Waals surface area contributed by atoms with Crippen LogP contribution in [0.2, 0.25) is 0 Å². The fraction of sp³-hybridized carbons (Fsp3) is 0.304. The van der Waals surface area contributed by atoms with Crippen molar-refractivity contribution in [3.05, 3.63) is 58.8 Å². The summed E-state index contributed by atoms with van der Waals surface area (Å²) in [5, 5.41) is 9.84. The zero-order valence-corrected chi connectivity index (χ0v) is 17.4. The van der Waals surface area contributed by atoms with Crippen molar-refractivity contribution in [1.82, 2.24) is 29.6 Å². The molecule has 0 spiro atoms. The third-order valence-corrected chi connectivity index (χ3v) is 5.47. The average molecular weight is 413 g/mol. The Bertz CT molecular complexity index is 1360. The van der Waals surface area contributed by atoms with E-state index >= 15 is 0 Å². The van der Waals surface area contributed by atoms with Crippen molar-refractivity contribution in [3.8, 4) is 12.0 Å². The molecule has 8 heteroatoms. The smallest absolute Gasteiger partial charge is 0.294 e. The average Bonchev–Trinajstić information content (AvgIpc) is 3.19. The summed E-state index contributed by atoms with van der Waals surface area (Å²) >= 11 is 0. The van der Waals surface area contributed by atoms with Crippen LogP contribution in [0.25, 0.3) is 21.8 Å². The number of fused-ring (bicyclic) bond motifs is 2. The van der Waals surface area contributed by atoms with Crippen molar-refractivity contribution in [2.75, 3.05) is 31.1 Å². The van der Waals surface area contributed by atoms with E-state index in [1.807, 2.05) is 37.3 Å². The number of anilines is 1. The van der Waals surface area contributed by atoms with E-state index in [0.717, 1.165) is 42.6 Å². The molecule has 4 heterocycles. The van der Waals surface area contributed by atoms with Gasteiger partial charge in [-0.15, -0.1) is 0 Å². The Morgan fingerprint density at radius 1 is 1.16 bits per heavy atom. The molecule has 8 nitrogen and oxygen atoms in total. The van der Waals surface area contributed by atoms with E-state index in [-0.39, 0.29) is 12.1 Å². The van der Waals surface area contributed by atoms with Gasteiger partial charge in [-0.2, -0.15) is 5.10 Å². The van der Waals surface area contributed by atoms with Crippen molar-refractivity contribution in [2.45, 2.75) is 19.9 Å². The lowest BCUT2D eigenvalue weighted by Crippen LogP contribution is -2.44. The van der Waals surface area contributed by atoms with Gasteiger partial charge in [-0.1, -0.05) is 37.1 Å². The van der Waals surface area contributed by atoms with Crippen molar-refractivity contribution in [1.29, 1.82) is 0 Å². The number of piperazine rings is 1. The van der Waals surface area contributed by atoms with Crippen molar-refractivity contribution in [3.63, 3.8) is 0 Å². The van der Waals surface area contributed by atoms with Crippen LogP contribution in [0.4, 0.5) is 5.95 Å². The summed E-state index contributed by atoms with van der Waals surface area (Å²) < 4.78 is 3.19. The molecule has 1 aliphatic heterocycles. The third kappa shape index (κ3) is 3.53. The second-order valence-corrected chi connectivity index (χ2v) is 7.45. The summed E-state index contributed by atoms with van der Waals surface area (Å²) in [6, 6.07) is 13.1. The van der Waals surface area contributed by atoms with E-state index in [4.69, 9.17) is 4.98 Å². The maximum Gasteiger partial charge on any atom is 0.294 e. The number of imidazole rings is 1. The van der Waals surface area contributed by atoms with Gasteiger partial charge in [-0.3, -0.25) is 9.78 Å². The lowest BCUT2D eigenvalue weighted by Gasteiger charge is -2.27. The molecule has 0 radical (unpaired) electrons. The topological polar surface area (TPSA) is 80.9 Å². The van der Waals surface area contributed by atoms with Crippen molar-refractivity contribution in [2.24, 2.45) is 0 Å². The normalized spacial score (nSPS) is 14.0. The van der Waals surface area contributed by atoms with E-state index in [1.54, 1.807) is 17.0 Å². The van der Waals surface area contributed by atoms with Crippen LogP contribution in [-0.4, -0.2) is 50.5 Å². The van der Waals surface area contributed by atoms with E-state index in [2.05, 4.69) is 32.3 Å². The molecule has 0 aliphatic carbocycles. The summed E-state index contributed by atoms with van der Waals surface area (Å²) in [6.45, 7) is 5.66. The number of nitrogens with one attached hydrogen (secondary N) is 1. The van der Waals surface area contributed by atoms with E-state index in [0.29, 0.717) is 23.4 Å². The van der Waals surface area contributed by atoms with Gasteiger partial charge in [0.2, 0.25) is 5.95 Å². The van der Waals surface area contributed by atoms with Crippen LogP contribution in [0.1, 0.15) is 19.0 Å². The molecule has 0 saturated carbocycles. The van der Waals surface area contributed by atoms with Crippen LogP contribution >= 0.6 is 0 Å². The fourth-order valence-electron chi connectivity index (χ4n) is 3.92. The predicted octanol–water partition coefficient (Wildman–Crippen LogP) is 1.82. The Kier molecular flexibility index (Phi) is 5.10. The number of rotatable bonds is 3. The fourth-order valence-corrected chi connectivity index (χ4v) is 3.92. The highest BCUT2D eigenvalue weighted by molar-refractivity contribution is 5.84. The first-order valence-electron chi connectivity index (χ1n) is 10.5. The standard InChI is InChI=1S/C23H23N7O/c1-2-3-12-29-21-19(27-23(29)28-13-10-24-11-14-28)15-26-30(22(21)31)16-20-18-7-5-4-6-17(18)8-9-25-20/h4-9,15,24H,2,10-11,13-14,16H2,1H3. The van der Waals surface area contributed by atoms with Crippen LogP contribution in [0, 0.1) is 12.0 Å². The molecule has 1 fully saturated rings. The van der Waals surface area contributed by atoms with E-state index in [1.165, 1.54) is 4.68 Å². The summed E-state index contributed by atoms with van der Waals surface area (Å²) in [4.78, 5) is 24.8. The Balaban J connectivity index is 1.64. The number of hydrogen-bond acceptors (Lipinski definition) is 6. The molecular formula is C23H23N7O. The first kappa shape index (κ1) is 19.3. The Morgan fingerprint density at radius 3 is 2.84 bits per heavy atom. The molecule has 156 valence electrons. The zero-order valence-electron chi connectivity index (χ0n) is 17.4. The van der Waals surface area contributed by atoms with Crippen molar-refractivity contribution < 1.29 is 0 Å². The molecule has 1 aromatic carbocycles. The quantitative estimate of drug-likeness (QED) is 0.516. The lowest BCUT2D eigenvalue weighted by atomic mass is 10.1. The van der Waals surface area contributed by atoms with Gasteiger partial charge in [-0.25, -0.2) is 14.2 Å². The van der Waals surface area contributed by atoms with Gasteiger partial charge in [0, 0.05) is 50.2 Å². The van der Waals surface area contributed by atoms with Gasteiger partial charge < -0.3 is 10.2 Å². The number of aromatic nitrogens is 5. The van der Waals surface area contributed by atoms with Crippen LogP contribution in [0.15, 0.2) is 47.5 Å². The number of benzene rings is 1. The molecule has 4 aromatic rings. The Hall–Kier alpha value is -3.70. The van der Waals surface area contributed by atoms with Gasteiger partial charge in [0.05, 0.1) is 18.4 Å². The summed E-state index contributed by atoms with van der Waals surface area (Å²) in [6.07, 6.45) is 4.11. The molecule has 0 unspecified atom stereocenters. The second-order valence-electron chi connectivity index (χ2n) is 7.45. The first-order valence-corrected chi connectivity index (χ1v) is 10.5. The molecule has 1 aliphatic rings. The van der Waals surface area contributed by atoms with Crippen LogP contribution in [0.5, 0.6) is 0 Å². The minimum atomic E-state index is -0.216. The molecule has 31 heavy (non-hydrogen) atoms. The highest BCUT2D eigenvalue weighted by Gasteiger charge is 2.21. The summed E-state index contributed by atoms with van der Waals surface area (Å²) in [5.74, 6) is 3.80. The number of pyridine rings is 1. The molecular weight excluding hydrogens is 390 g/mol. The monoisotopic (exact) mass is 413 g/mol. The van der Waals surface area contributed by atoms with Crippen molar-refractivity contribution >= 4 is 27.8 Å². The SMILES string of the molecule is CCC#Cn1c(N2CCNCC2)nc2cnn(Cc3nccc4ccccc34)c(=O)c21. The minimum Gasteiger partial charge on any atom is -0.339 e. The molecule has 1 N–H and O–H groups in total. The largest absolute Gasteiger partial charge is 0.339 e. The maximum atomic E-state index is 13.5. The second kappa shape index (κ2) is 8.20. The predicted molar refractivity (Wildman–Crippen MR) is 121 cm³/mol. The molecule has 0 amide bonds. The third-order valence-electron chi connectivity index (χ3n) is 5.47. The zero-order chi connectivity index (χ0) is 21.2. The van der Waals surface area contributed by atoms with Gasteiger partial charge >= 0.3 is 0 Å². The highest BCUT2D eigenvalue weighted by Crippen LogP contribution is 2.20. The number of nitrogens with zero attached hydrogens (tertiary/aromatic N) is 6. The minimum absolute atomic E-state index is 0.216. The Labute approximate surface area is 179 Å². The molecule has 1 saturated heterocycles. The van der Waals surface area contributed by atoms with Crippen LogP contribution in [0.3, 0.4) is 0 Å². The highest BCUT2D eigenvalue weighted by atomic mass is 16.1. The lowest BCUT2D eigenvalue weighted by molar-refractivity contribution is 0.579. The maximum absolute atomic E-state index is 13.5. The molecule has 5 rings (SSSR count). The van der Waals surface area contributed by atoms with Gasteiger partial charge in [0.15, 0.2) is 5.52 Å². The first-order chi connectivity index (χ1) is 15.3. The number of hydrogen-bond donors (Lipinski definition) is 1. The van der Waals surface area contributed by atoms with Gasteiger partial charge in [0.25, 0.3) is 5.56 Å². The van der Waals surface area contributed by atoms with E-state index < -0.39 is 0 Å². The molecule has 0 atom stereocenters. The van der Waals surface area contributed by atoms with Crippen LogP contribution in [-0.2, 0) is 6.54 Å². The molecule has 0 bridgehead atoms. The summed E-state index contributed by atoms with van der Waals surface area (Å²) in [7, 11) is 0. The summed E-state index contributed by atoms with van der Waals surface area (Å²) in [5.41, 5.74) is 1.61.